The van der Waals surface area contributed by atoms with Crippen LogP contribution in [-0.4, -0.2) is 20.1 Å². The number of aromatic amines is 1. The van der Waals surface area contributed by atoms with Crippen LogP contribution in [0.3, 0.4) is 0 Å². The maximum Gasteiger partial charge on any atom is 0.337 e. The Kier molecular flexibility index (Phi) is 2.86. The van der Waals surface area contributed by atoms with Gasteiger partial charge in [0.05, 0.1) is 4.92 Å². The fourth-order valence-corrected chi connectivity index (χ4v) is 1.18. The van der Waals surface area contributed by atoms with E-state index in [0.717, 1.165) is 5.56 Å². The third-order valence-electron chi connectivity index (χ3n) is 2.00. The molecule has 0 aliphatic rings. The molecule has 0 saturated carbocycles. The van der Waals surface area contributed by atoms with Gasteiger partial charge in [0.1, 0.15) is 6.61 Å². The number of nitrogens with two attached hydrogens (primary N) is 1. The van der Waals surface area contributed by atoms with Crippen LogP contribution >= 0.6 is 0 Å². The minimum absolute atomic E-state index is 0.0379. The van der Waals surface area contributed by atoms with Crippen molar-refractivity contribution in [3.8, 4) is 6.01 Å². The lowest BCUT2D eigenvalue weighted by Crippen LogP contribution is -1.97. The Morgan fingerprint density at radius 3 is 2.65 bits per heavy atom. The van der Waals surface area contributed by atoms with Gasteiger partial charge in [-0.1, -0.05) is 0 Å². The van der Waals surface area contributed by atoms with Gasteiger partial charge < -0.3 is 10.5 Å². The van der Waals surface area contributed by atoms with Crippen LogP contribution in [0.2, 0.25) is 0 Å². The molecule has 0 saturated heterocycles. The van der Waals surface area contributed by atoms with Gasteiger partial charge >= 0.3 is 6.01 Å². The number of non-ortho nitro benzene ring substituents is 1. The van der Waals surface area contributed by atoms with Crippen LogP contribution in [-0.2, 0) is 6.61 Å². The molecule has 88 valence electrons. The molecule has 8 nitrogen and oxygen atoms in total. The van der Waals surface area contributed by atoms with Crippen molar-refractivity contribution in [2.75, 3.05) is 5.73 Å². The molecule has 3 N–H and O–H groups in total. The van der Waals surface area contributed by atoms with Gasteiger partial charge in [0, 0.05) is 12.1 Å². The Morgan fingerprint density at radius 1 is 1.41 bits per heavy atom. The van der Waals surface area contributed by atoms with Gasteiger partial charge in [-0.15, -0.1) is 5.10 Å². The molecule has 0 fully saturated rings. The van der Waals surface area contributed by atoms with Crippen molar-refractivity contribution in [1.82, 2.24) is 15.2 Å². The van der Waals surface area contributed by atoms with Crippen molar-refractivity contribution in [2.45, 2.75) is 6.61 Å². The predicted octanol–water partition coefficient (Wildman–Crippen LogP) is 0.874. The lowest BCUT2D eigenvalue weighted by atomic mass is 10.2. The summed E-state index contributed by atoms with van der Waals surface area (Å²) in [5.74, 6) is 0.170. The Morgan fingerprint density at radius 2 is 2.12 bits per heavy atom. The van der Waals surface area contributed by atoms with Crippen molar-refractivity contribution in [1.29, 1.82) is 0 Å². The number of rotatable bonds is 4. The maximum absolute atomic E-state index is 10.4. The molecule has 1 aromatic carbocycles. The van der Waals surface area contributed by atoms with Crippen LogP contribution in [0.1, 0.15) is 5.56 Å². The first-order valence-electron chi connectivity index (χ1n) is 4.69. The molecule has 0 amide bonds. The first-order chi connectivity index (χ1) is 8.15. The van der Waals surface area contributed by atoms with Gasteiger partial charge in [0.25, 0.3) is 5.69 Å². The molecule has 17 heavy (non-hydrogen) atoms. The van der Waals surface area contributed by atoms with Crippen LogP contribution in [0.15, 0.2) is 24.3 Å². The number of nitro groups is 1. The lowest BCUT2D eigenvalue weighted by molar-refractivity contribution is -0.384. The van der Waals surface area contributed by atoms with E-state index >= 15 is 0 Å². The molecular formula is C9H9N5O3. The summed E-state index contributed by atoms with van der Waals surface area (Å²) in [5.41, 5.74) is 6.13. The van der Waals surface area contributed by atoms with E-state index in [1.54, 1.807) is 12.1 Å². The van der Waals surface area contributed by atoms with Gasteiger partial charge in [0.2, 0.25) is 5.95 Å². The quantitative estimate of drug-likeness (QED) is 0.599. The van der Waals surface area contributed by atoms with Crippen molar-refractivity contribution in [3.63, 3.8) is 0 Å². The summed E-state index contributed by atoms with van der Waals surface area (Å²) in [6, 6.07) is 6.17. The topological polar surface area (TPSA) is 120 Å². The molecule has 2 aromatic rings. The van der Waals surface area contributed by atoms with E-state index in [-0.39, 0.29) is 24.3 Å². The zero-order valence-corrected chi connectivity index (χ0v) is 8.66. The smallest absolute Gasteiger partial charge is 0.337 e. The average molecular weight is 235 g/mol. The highest BCUT2D eigenvalue weighted by atomic mass is 16.6. The van der Waals surface area contributed by atoms with Crippen molar-refractivity contribution >= 4 is 11.6 Å². The first-order valence-corrected chi connectivity index (χ1v) is 4.69. The summed E-state index contributed by atoms with van der Waals surface area (Å²) in [5, 5.41) is 16.5. The van der Waals surface area contributed by atoms with E-state index in [2.05, 4.69) is 15.2 Å². The normalized spacial score (nSPS) is 10.1. The number of H-pyrrole nitrogens is 1. The van der Waals surface area contributed by atoms with Crippen LogP contribution < -0.4 is 10.5 Å². The standard InChI is InChI=1S/C9H9N5O3/c10-8-11-9(13-12-8)17-5-6-1-3-7(4-2-6)14(15)16/h1-4H,5H2,(H3,10,11,12,13). The summed E-state index contributed by atoms with van der Waals surface area (Å²) in [6.07, 6.45) is 0. The third-order valence-corrected chi connectivity index (χ3v) is 2.00. The van der Waals surface area contributed by atoms with Gasteiger partial charge in [-0.05, 0) is 17.7 Å². The number of anilines is 1. The summed E-state index contributed by atoms with van der Waals surface area (Å²) < 4.78 is 5.21. The summed E-state index contributed by atoms with van der Waals surface area (Å²) in [6.45, 7) is 0.218. The number of nitrogen functional groups attached to an aromatic ring is 1. The van der Waals surface area contributed by atoms with E-state index < -0.39 is 4.92 Å². The van der Waals surface area contributed by atoms with Crippen molar-refractivity contribution in [3.05, 3.63) is 39.9 Å². The van der Waals surface area contributed by atoms with Gasteiger partial charge in [-0.25, -0.2) is 5.10 Å². The van der Waals surface area contributed by atoms with E-state index in [9.17, 15) is 10.1 Å². The number of hydrogen-bond acceptors (Lipinski definition) is 6. The number of nitrogens with one attached hydrogen (secondary N) is 1. The fourth-order valence-electron chi connectivity index (χ4n) is 1.18. The molecule has 0 bridgehead atoms. The summed E-state index contributed by atoms with van der Waals surface area (Å²) in [7, 11) is 0. The minimum Gasteiger partial charge on any atom is -0.457 e. The van der Waals surface area contributed by atoms with E-state index in [4.69, 9.17) is 10.5 Å². The number of nitro benzene ring substituents is 1. The fraction of sp³-hybridized carbons (Fsp3) is 0.111. The zero-order chi connectivity index (χ0) is 12.3. The average Bonchev–Trinajstić information content (AvgIpc) is 2.73. The molecule has 8 heteroatoms. The number of aromatic nitrogens is 3. The predicted molar refractivity (Wildman–Crippen MR) is 58.2 cm³/mol. The second kappa shape index (κ2) is 4.47. The molecule has 1 heterocycles. The summed E-state index contributed by atoms with van der Waals surface area (Å²) in [4.78, 5) is 13.7. The van der Waals surface area contributed by atoms with Crippen LogP contribution in [0.4, 0.5) is 11.6 Å². The van der Waals surface area contributed by atoms with E-state index in [1.165, 1.54) is 12.1 Å². The maximum atomic E-state index is 10.4. The highest BCUT2D eigenvalue weighted by Crippen LogP contribution is 2.13. The number of benzene rings is 1. The second-order valence-electron chi connectivity index (χ2n) is 3.22. The molecule has 1 aromatic heterocycles. The van der Waals surface area contributed by atoms with Crippen LogP contribution in [0, 0.1) is 10.1 Å². The van der Waals surface area contributed by atoms with Gasteiger partial charge in [-0.3, -0.25) is 10.1 Å². The van der Waals surface area contributed by atoms with E-state index in [0.29, 0.717) is 0 Å². The van der Waals surface area contributed by atoms with Crippen LogP contribution in [0.5, 0.6) is 6.01 Å². The number of hydrogen-bond donors (Lipinski definition) is 2. The van der Waals surface area contributed by atoms with Crippen molar-refractivity contribution in [2.24, 2.45) is 0 Å². The molecular weight excluding hydrogens is 226 g/mol. The SMILES string of the molecule is Nc1nc(OCc2ccc([N+](=O)[O-])cc2)n[nH]1. The van der Waals surface area contributed by atoms with Crippen LogP contribution in [0.25, 0.3) is 0 Å². The zero-order valence-electron chi connectivity index (χ0n) is 8.66. The Balaban J connectivity index is 1.97. The number of nitrogens with zero attached hydrogens (tertiary/aromatic N) is 3. The largest absolute Gasteiger partial charge is 0.457 e. The number of ether oxygens (including phenoxy) is 1. The minimum atomic E-state index is -0.458. The Hall–Kier alpha value is -2.64. The molecule has 0 radical (unpaired) electrons. The van der Waals surface area contributed by atoms with E-state index in [1.807, 2.05) is 0 Å². The second-order valence-corrected chi connectivity index (χ2v) is 3.22. The summed E-state index contributed by atoms with van der Waals surface area (Å²) >= 11 is 0. The first kappa shape index (κ1) is 10.9. The molecule has 0 atom stereocenters. The Labute approximate surface area is 95.6 Å². The molecule has 2 rings (SSSR count). The highest BCUT2D eigenvalue weighted by Gasteiger charge is 2.05. The third kappa shape index (κ3) is 2.68. The Bertz CT molecular complexity index is 522. The molecule has 0 aliphatic heterocycles. The van der Waals surface area contributed by atoms with Gasteiger partial charge in [0.15, 0.2) is 0 Å². The highest BCUT2D eigenvalue weighted by molar-refractivity contribution is 5.32. The molecule has 0 unspecified atom stereocenters. The molecule has 0 spiro atoms. The lowest BCUT2D eigenvalue weighted by Gasteiger charge is -2.00. The molecule has 0 aliphatic carbocycles. The van der Waals surface area contributed by atoms with Crippen molar-refractivity contribution < 1.29 is 9.66 Å². The monoisotopic (exact) mass is 235 g/mol. The van der Waals surface area contributed by atoms with Gasteiger partial charge in [-0.2, -0.15) is 4.98 Å².